The fraction of sp³-hybridized carbons (Fsp3) is 0.235. The molecule has 0 aliphatic rings. The summed E-state index contributed by atoms with van der Waals surface area (Å²) in [5.41, 5.74) is 1.96. The summed E-state index contributed by atoms with van der Waals surface area (Å²) in [6, 6.07) is 14.4. The quantitative estimate of drug-likeness (QED) is 0.884. The summed E-state index contributed by atoms with van der Waals surface area (Å²) in [4.78, 5) is 0. The molecule has 0 fully saturated rings. The lowest BCUT2D eigenvalue weighted by Crippen LogP contribution is -1.99. The molecule has 2 aromatic carbocycles. The van der Waals surface area contributed by atoms with Gasteiger partial charge in [-0.15, -0.1) is 0 Å². The predicted molar refractivity (Wildman–Crippen MR) is 79.1 cm³/mol. The van der Waals surface area contributed by atoms with Gasteiger partial charge >= 0.3 is 0 Å². The maximum atomic E-state index is 9.82. The van der Waals surface area contributed by atoms with Crippen LogP contribution in [-0.2, 0) is 6.42 Å². The fourth-order valence-electron chi connectivity index (χ4n) is 2.09. The number of hydrogen-bond acceptors (Lipinski definition) is 4. The summed E-state index contributed by atoms with van der Waals surface area (Å²) < 4.78 is 5.87. The van der Waals surface area contributed by atoms with Crippen LogP contribution in [0.1, 0.15) is 29.7 Å². The van der Waals surface area contributed by atoms with Gasteiger partial charge in [0.25, 0.3) is 0 Å². The predicted octanol–water partition coefficient (Wildman–Crippen LogP) is 2.94. The van der Waals surface area contributed by atoms with Crippen LogP contribution in [0.3, 0.4) is 0 Å². The van der Waals surface area contributed by atoms with Crippen LogP contribution in [0.4, 0.5) is 0 Å². The van der Waals surface area contributed by atoms with E-state index >= 15 is 0 Å². The highest BCUT2D eigenvalue weighted by Gasteiger charge is 2.12. The SMILES string of the molecule is CC(O)c1ccc(C#N)cc1Oc1ccccc1CCO. The molecular formula is C17H17NO3. The average molecular weight is 283 g/mol. The Labute approximate surface area is 123 Å². The third-order valence-electron chi connectivity index (χ3n) is 3.17. The van der Waals surface area contributed by atoms with Crippen molar-refractivity contribution in [2.24, 2.45) is 0 Å². The van der Waals surface area contributed by atoms with Gasteiger partial charge in [0, 0.05) is 12.2 Å². The molecule has 4 nitrogen and oxygen atoms in total. The van der Waals surface area contributed by atoms with Crippen LogP contribution in [0, 0.1) is 11.3 Å². The lowest BCUT2D eigenvalue weighted by atomic mass is 10.1. The van der Waals surface area contributed by atoms with Gasteiger partial charge in [0.2, 0.25) is 0 Å². The first-order valence-electron chi connectivity index (χ1n) is 6.74. The van der Waals surface area contributed by atoms with Gasteiger partial charge in [-0.25, -0.2) is 0 Å². The van der Waals surface area contributed by atoms with Gasteiger partial charge in [-0.3, -0.25) is 0 Å². The Hall–Kier alpha value is -2.35. The number of nitriles is 1. The molecule has 1 atom stereocenters. The standard InChI is InChI=1S/C17H17NO3/c1-12(20)15-7-6-13(11-18)10-17(15)21-16-5-3-2-4-14(16)8-9-19/h2-7,10,12,19-20H,8-9H2,1H3. The van der Waals surface area contributed by atoms with Gasteiger partial charge < -0.3 is 14.9 Å². The van der Waals surface area contributed by atoms with Crippen LogP contribution in [0.5, 0.6) is 11.5 Å². The molecular weight excluding hydrogens is 266 g/mol. The third kappa shape index (κ3) is 3.60. The first-order valence-corrected chi connectivity index (χ1v) is 6.74. The zero-order valence-electron chi connectivity index (χ0n) is 11.8. The Morgan fingerprint density at radius 1 is 1.19 bits per heavy atom. The van der Waals surface area contributed by atoms with Gasteiger partial charge in [0.15, 0.2) is 0 Å². The number of benzene rings is 2. The van der Waals surface area contributed by atoms with E-state index in [1.54, 1.807) is 31.2 Å². The van der Waals surface area contributed by atoms with Crippen LogP contribution in [-0.4, -0.2) is 16.8 Å². The van der Waals surface area contributed by atoms with Crippen LogP contribution in [0.2, 0.25) is 0 Å². The Morgan fingerprint density at radius 3 is 2.62 bits per heavy atom. The van der Waals surface area contributed by atoms with Crippen LogP contribution >= 0.6 is 0 Å². The summed E-state index contributed by atoms with van der Waals surface area (Å²) in [7, 11) is 0. The second kappa shape index (κ2) is 6.89. The van der Waals surface area contributed by atoms with Gasteiger partial charge in [0.05, 0.1) is 17.7 Å². The van der Waals surface area contributed by atoms with E-state index in [9.17, 15) is 5.11 Å². The number of aliphatic hydroxyl groups excluding tert-OH is 2. The average Bonchev–Trinajstić information content (AvgIpc) is 2.49. The van der Waals surface area contributed by atoms with E-state index < -0.39 is 6.10 Å². The maximum absolute atomic E-state index is 9.82. The zero-order valence-corrected chi connectivity index (χ0v) is 11.8. The molecule has 0 bridgehead atoms. The molecule has 2 N–H and O–H groups in total. The van der Waals surface area contributed by atoms with Crippen molar-refractivity contribution >= 4 is 0 Å². The smallest absolute Gasteiger partial charge is 0.134 e. The maximum Gasteiger partial charge on any atom is 0.134 e. The molecule has 21 heavy (non-hydrogen) atoms. The number of ether oxygens (including phenoxy) is 1. The normalized spacial score (nSPS) is 11.7. The molecule has 108 valence electrons. The van der Waals surface area contributed by atoms with Crippen molar-refractivity contribution in [2.75, 3.05) is 6.61 Å². The van der Waals surface area contributed by atoms with Gasteiger partial charge in [-0.05, 0) is 37.1 Å². The summed E-state index contributed by atoms with van der Waals surface area (Å²) in [5.74, 6) is 1.07. The molecule has 0 radical (unpaired) electrons. The van der Waals surface area contributed by atoms with E-state index in [-0.39, 0.29) is 6.61 Å². The molecule has 4 heteroatoms. The van der Waals surface area contributed by atoms with Crippen molar-refractivity contribution in [3.05, 3.63) is 59.2 Å². The van der Waals surface area contributed by atoms with Crippen molar-refractivity contribution in [3.63, 3.8) is 0 Å². The second-order valence-electron chi connectivity index (χ2n) is 4.72. The van der Waals surface area contributed by atoms with E-state index in [1.165, 1.54) is 0 Å². The minimum absolute atomic E-state index is 0.0296. The zero-order chi connectivity index (χ0) is 15.2. The molecule has 2 aromatic rings. The molecule has 0 saturated heterocycles. The Bertz CT molecular complexity index is 659. The number of aliphatic hydroxyl groups is 2. The monoisotopic (exact) mass is 283 g/mol. The fourth-order valence-corrected chi connectivity index (χ4v) is 2.09. The van der Waals surface area contributed by atoms with E-state index in [0.29, 0.717) is 29.0 Å². The number of nitrogens with zero attached hydrogens (tertiary/aromatic N) is 1. The van der Waals surface area contributed by atoms with Crippen molar-refractivity contribution in [3.8, 4) is 17.6 Å². The highest BCUT2D eigenvalue weighted by Crippen LogP contribution is 2.32. The van der Waals surface area contributed by atoms with Crippen LogP contribution < -0.4 is 4.74 Å². The molecule has 0 aliphatic heterocycles. The first kappa shape index (κ1) is 15.0. The summed E-state index contributed by atoms with van der Waals surface area (Å²) in [6.07, 6.45) is -0.212. The molecule has 1 unspecified atom stereocenters. The molecule has 2 rings (SSSR count). The van der Waals surface area contributed by atoms with E-state index in [0.717, 1.165) is 5.56 Å². The van der Waals surface area contributed by atoms with Gasteiger partial charge in [-0.2, -0.15) is 5.26 Å². The number of hydrogen-bond donors (Lipinski definition) is 2. The van der Waals surface area contributed by atoms with Crippen molar-refractivity contribution in [1.29, 1.82) is 5.26 Å². The van der Waals surface area contributed by atoms with Crippen LogP contribution in [0.15, 0.2) is 42.5 Å². The topological polar surface area (TPSA) is 73.5 Å². The third-order valence-corrected chi connectivity index (χ3v) is 3.17. The molecule has 0 aromatic heterocycles. The molecule has 0 amide bonds. The summed E-state index contributed by atoms with van der Waals surface area (Å²) in [6.45, 7) is 1.68. The van der Waals surface area contributed by atoms with Gasteiger partial charge in [0.1, 0.15) is 11.5 Å². The molecule has 0 spiro atoms. The van der Waals surface area contributed by atoms with E-state index in [1.807, 2.05) is 18.2 Å². The lowest BCUT2D eigenvalue weighted by molar-refractivity contribution is 0.195. The second-order valence-corrected chi connectivity index (χ2v) is 4.72. The lowest BCUT2D eigenvalue weighted by Gasteiger charge is -2.15. The van der Waals surface area contributed by atoms with Crippen LogP contribution in [0.25, 0.3) is 0 Å². The van der Waals surface area contributed by atoms with Gasteiger partial charge in [-0.1, -0.05) is 24.3 Å². The Balaban J connectivity index is 2.41. The largest absolute Gasteiger partial charge is 0.457 e. The highest BCUT2D eigenvalue weighted by atomic mass is 16.5. The molecule has 0 saturated carbocycles. The van der Waals surface area contributed by atoms with Crippen molar-refractivity contribution < 1.29 is 14.9 Å². The summed E-state index contributed by atoms with van der Waals surface area (Å²) in [5, 5.41) is 27.9. The van der Waals surface area contributed by atoms with E-state index in [2.05, 4.69) is 6.07 Å². The molecule has 0 aliphatic carbocycles. The minimum Gasteiger partial charge on any atom is -0.457 e. The highest BCUT2D eigenvalue weighted by molar-refractivity contribution is 5.47. The Morgan fingerprint density at radius 2 is 1.95 bits per heavy atom. The van der Waals surface area contributed by atoms with Crippen molar-refractivity contribution in [2.45, 2.75) is 19.4 Å². The number of para-hydroxylation sites is 1. The Kier molecular flexibility index (Phi) is 4.94. The van der Waals surface area contributed by atoms with E-state index in [4.69, 9.17) is 15.1 Å². The first-order chi connectivity index (χ1) is 10.2. The minimum atomic E-state index is -0.697. The van der Waals surface area contributed by atoms with Crippen molar-refractivity contribution in [1.82, 2.24) is 0 Å². The number of rotatable bonds is 5. The summed E-state index contributed by atoms with van der Waals surface area (Å²) >= 11 is 0. The molecule has 0 heterocycles.